The Kier molecular flexibility index (Phi) is 32.3. The predicted octanol–water partition coefficient (Wildman–Crippen LogP) is 9.41. The lowest BCUT2D eigenvalue weighted by Crippen LogP contribution is -2.30. The van der Waals surface area contributed by atoms with Crippen LogP contribution >= 0.6 is 0 Å². The van der Waals surface area contributed by atoms with Crippen molar-refractivity contribution in [3.8, 4) is 45.0 Å². The standard InChI is InChI=1S/C19H29N5O.C19H29N5.C18H27N5.C17H25N5/c1-14(2)12-24(4)19(25)16-7-5-15(6-8-16)18-17(11-21-22-18)13-23(3)10-9-20;1-5-24(6-2)15(3)16-7-9-17(10-8-16)19-18(13-21-22-19)14-23(4)12-11-20;1-5-23(4)14(2)15-6-8-16(9-7-15)18-17(12-20-21-18)13-22(3)11-10-19;1-4-19-13(2)14-5-7-15(8-6-14)17-16(11-20-21-17)12-22(3)10-9-18/h5-8,11,14H,9-10,12-13,20H2,1-4H3,(H,21,22);7-10,13H,3,5-6,11-12,14,20H2,1-2,4H3,(H,21,22);6-9,12H,2,5,10-11,13,19H2,1,3-4H3,(H,20,21);5-8,11,19H,2,4,9-10,12,18H2,1,3H3,(H,20,21). The number of aromatic nitrogens is 8. The minimum Gasteiger partial charge on any atom is -0.385 e. The van der Waals surface area contributed by atoms with Gasteiger partial charge in [0.2, 0.25) is 0 Å². The molecule has 21 heteroatoms. The van der Waals surface area contributed by atoms with Gasteiger partial charge in [0.15, 0.2) is 0 Å². The Balaban J connectivity index is 0.000000227. The van der Waals surface area contributed by atoms with E-state index in [4.69, 9.17) is 22.9 Å². The van der Waals surface area contributed by atoms with Gasteiger partial charge in [-0.1, -0.05) is 119 Å². The Labute approximate surface area is 560 Å². The van der Waals surface area contributed by atoms with Gasteiger partial charge in [-0.05, 0) is 113 Å². The van der Waals surface area contributed by atoms with E-state index in [1.54, 1.807) is 4.90 Å². The zero-order valence-electron chi connectivity index (χ0n) is 58.4. The summed E-state index contributed by atoms with van der Waals surface area (Å²) in [7, 11) is 12.1. The summed E-state index contributed by atoms with van der Waals surface area (Å²) in [6, 6.07) is 33.0. The molecule has 13 N–H and O–H groups in total. The van der Waals surface area contributed by atoms with Crippen LogP contribution in [0.2, 0.25) is 0 Å². The number of rotatable bonds is 33. The third kappa shape index (κ3) is 23.2. The van der Waals surface area contributed by atoms with E-state index in [0.29, 0.717) is 37.7 Å². The maximum Gasteiger partial charge on any atom is 0.253 e. The van der Waals surface area contributed by atoms with Gasteiger partial charge in [-0.15, -0.1) is 0 Å². The molecule has 508 valence electrons. The maximum absolute atomic E-state index is 12.4. The average molecular weight is 1280 g/mol. The van der Waals surface area contributed by atoms with Gasteiger partial charge in [0, 0.05) is 170 Å². The summed E-state index contributed by atoms with van der Waals surface area (Å²) in [6.07, 6.45) is 7.51. The monoisotopic (exact) mass is 1280 g/mol. The molecule has 0 aliphatic rings. The lowest BCUT2D eigenvalue weighted by atomic mass is 10.0. The molecule has 0 aliphatic carbocycles. The molecule has 0 fully saturated rings. The smallest absolute Gasteiger partial charge is 0.253 e. The SMILES string of the molecule is C=C(NCC)c1ccc(-c2[nH]ncc2CN(C)CCN)cc1.C=C(c1ccc(-c2[nH]ncc2CN(C)CCN)cc1)N(C)CC.C=C(c1ccc(-c2[nH]ncc2CN(C)CCN)cc1)N(CC)CC.CC(C)CN(C)C(=O)c1ccc(-c2[nH]ncc2CN(C)CCN)cc1. The zero-order chi connectivity index (χ0) is 68.7. The molecular weight excluding hydrogens is 1170 g/mol. The summed E-state index contributed by atoms with van der Waals surface area (Å²) >= 11 is 0. The van der Waals surface area contributed by atoms with E-state index in [0.717, 1.165) is 169 Å². The molecule has 0 bridgehead atoms. The number of nitrogens with two attached hydrogens (primary N) is 4. The Morgan fingerprint density at radius 3 is 1.01 bits per heavy atom. The fourth-order valence-electron chi connectivity index (χ4n) is 10.7. The number of nitrogens with zero attached hydrogens (tertiary/aromatic N) is 11. The Morgan fingerprint density at radius 2 is 0.734 bits per heavy atom. The van der Waals surface area contributed by atoms with Crippen molar-refractivity contribution in [2.45, 2.75) is 67.7 Å². The Bertz CT molecular complexity index is 3470. The van der Waals surface area contributed by atoms with E-state index in [9.17, 15) is 4.79 Å². The molecule has 4 heterocycles. The van der Waals surface area contributed by atoms with E-state index in [1.807, 2.05) is 63.1 Å². The van der Waals surface area contributed by atoms with Crippen LogP contribution in [0.5, 0.6) is 0 Å². The van der Waals surface area contributed by atoms with Crippen LogP contribution in [0, 0.1) is 5.92 Å². The van der Waals surface area contributed by atoms with Crippen LogP contribution in [-0.2, 0) is 26.2 Å². The molecule has 1 amide bonds. The number of H-pyrrole nitrogens is 4. The highest BCUT2D eigenvalue weighted by atomic mass is 16.2. The minimum absolute atomic E-state index is 0.0489. The number of carbonyl (C=O) groups is 1. The van der Waals surface area contributed by atoms with Gasteiger partial charge in [-0.2, -0.15) is 20.4 Å². The van der Waals surface area contributed by atoms with Crippen LogP contribution in [0.1, 0.15) is 90.8 Å². The van der Waals surface area contributed by atoms with Crippen LogP contribution in [0.4, 0.5) is 0 Å². The van der Waals surface area contributed by atoms with Crippen molar-refractivity contribution in [2.75, 3.05) is 127 Å². The molecule has 0 spiro atoms. The molecule has 0 unspecified atom stereocenters. The summed E-state index contributed by atoms with van der Waals surface area (Å²) in [4.78, 5) is 27.4. The Morgan fingerprint density at radius 1 is 0.436 bits per heavy atom. The lowest BCUT2D eigenvalue weighted by molar-refractivity contribution is 0.0779. The van der Waals surface area contributed by atoms with Gasteiger partial charge in [0.1, 0.15) is 0 Å². The van der Waals surface area contributed by atoms with E-state index < -0.39 is 0 Å². The van der Waals surface area contributed by atoms with Crippen molar-refractivity contribution in [3.05, 3.63) is 186 Å². The zero-order valence-corrected chi connectivity index (χ0v) is 58.4. The molecule has 4 aromatic heterocycles. The summed E-state index contributed by atoms with van der Waals surface area (Å²) in [5, 5.41) is 32.4. The van der Waals surface area contributed by atoms with Gasteiger partial charge < -0.3 is 62.6 Å². The van der Waals surface area contributed by atoms with Gasteiger partial charge in [0.25, 0.3) is 5.91 Å². The third-order valence-corrected chi connectivity index (χ3v) is 16.1. The summed E-state index contributed by atoms with van der Waals surface area (Å²) < 4.78 is 0. The molecule has 8 aromatic rings. The fraction of sp³-hybridized carbons (Fsp3) is 0.411. The number of nitrogens with one attached hydrogen (secondary N) is 5. The van der Waals surface area contributed by atoms with E-state index in [-0.39, 0.29) is 5.91 Å². The van der Waals surface area contributed by atoms with Crippen molar-refractivity contribution in [3.63, 3.8) is 0 Å². The number of hydrogen-bond donors (Lipinski definition) is 9. The summed E-state index contributed by atoms with van der Waals surface area (Å²) in [5.74, 6) is 0.499. The van der Waals surface area contributed by atoms with E-state index in [2.05, 4.69) is 238 Å². The highest BCUT2D eigenvalue weighted by molar-refractivity contribution is 5.94. The largest absolute Gasteiger partial charge is 0.385 e. The number of hydrogen-bond acceptors (Lipinski definition) is 16. The van der Waals surface area contributed by atoms with Gasteiger partial charge in [-0.3, -0.25) is 25.2 Å². The van der Waals surface area contributed by atoms with Crippen molar-refractivity contribution in [1.82, 2.24) is 80.4 Å². The van der Waals surface area contributed by atoms with Crippen molar-refractivity contribution in [2.24, 2.45) is 28.9 Å². The van der Waals surface area contributed by atoms with Crippen LogP contribution in [-0.4, -0.2) is 208 Å². The van der Waals surface area contributed by atoms with Crippen LogP contribution in [0.3, 0.4) is 0 Å². The third-order valence-electron chi connectivity index (χ3n) is 16.1. The predicted molar refractivity (Wildman–Crippen MR) is 391 cm³/mol. The minimum atomic E-state index is 0.0489. The second kappa shape index (κ2) is 39.9. The van der Waals surface area contributed by atoms with Crippen LogP contribution < -0.4 is 28.3 Å². The highest BCUT2D eigenvalue weighted by Crippen LogP contribution is 2.29. The van der Waals surface area contributed by atoms with Crippen molar-refractivity contribution in [1.29, 1.82) is 0 Å². The number of aromatic amines is 4. The molecule has 0 saturated heterocycles. The first-order valence-corrected chi connectivity index (χ1v) is 32.8. The van der Waals surface area contributed by atoms with E-state index >= 15 is 0 Å². The Hall–Kier alpha value is -8.51. The van der Waals surface area contributed by atoms with Crippen molar-refractivity contribution >= 4 is 23.0 Å². The quantitative estimate of drug-likeness (QED) is 0.0185. The molecular formula is C73H110N20O. The lowest BCUT2D eigenvalue weighted by Gasteiger charge is -2.23. The molecule has 94 heavy (non-hydrogen) atoms. The molecule has 21 nitrogen and oxygen atoms in total. The number of likely N-dealkylation sites (N-methyl/N-ethyl adjacent to an activating group) is 4. The average Bonchev–Trinajstić information content (AvgIpc) is 1.96. The molecule has 0 aliphatic heterocycles. The highest BCUT2D eigenvalue weighted by Gasteiger charge is 2.18. The first-order chi connectivity index (χ1) is 45.2. The summed E-state index contributed by atoms with van der Waals surface area (Å²) in [5.41, 5.74) is 42.8. The second-order valence-corrected chi connectivity index (χ2v) is 24.2. The molecule has 4 aromatic carbocycles. The number of carbonyl (C=O) groups excluding carboxylic acids is 1. The van der Waals surface area contributed by atoms with Gasteiger partial charge >= 0.3 is 0 Å². The van der Waals surface area contributed by atoms with Crippen LogP contribution in [0.25, 0.3) is 62.1 Å². The number of amides is 1. The maximum atomic E-state index is 12.4. The fourth-order valence-corrected chi connectivity index (χ4v) is 10.7. The first-order valence-electron chi connectivity index (χ1n) is 32.8. The van der Waals surface area contributed by atoms with Crippen LogP contribution in [0.15, 0.2) is 142 Å². The second-order valence-electron chi connectivity index (χ2n) is 24.2. The molecule has 8 rings (SSSR count). The van der Waals surface area contributed by atoms with Gasteiger partial charge in [-0.25, -0.2) is 0 Å². The molecule has 0 saturated carbocycles. The normalized spacial score (nSPS) is 11.1. The topological polar surface area (TPSA) is 271 Å². The van der Waals surface area contributed by atoms with E-state index in [1.165, 1.54) is 16.7 Å². The molecule has 0 atom stereocenters. The number of benzene rings is 4. The first kappa shape index (κ1) is 76.2. The van der Waals surface area contributed by atoms with Gasteiger partial charge in [0.05, 0.1) is 47.6 Å². The summed E-state index contributed by atoms with van der Waals surface area (Å²) in [6.45, 7) is 38.9. The molecule has 0 radical (unpaired) electrons. The van der Waals surface area contributed by atoms with Crippen molar-refractivity contribution < 1.29 is 4.79 Å².